The Balaban J connectivity index is 1.61. The van der Waals surface area contributed by atoms with Crippen LogP contribution in [0.1, 0.15) is 42.6 Å². The van der Waals surface area contributed by atoms with Crippen molar-refractivity contribution in [2.45, 2.75) is 45.3 Å². The van der Waals surface area contributed by atoms with Crippen LogP contribution in [-0.4, -0.2) is 52.0 Å². The number of nitrogens with zero attached hydrogens (tertiary/aromatic N) is 3. The zero-order valence-corrected chi connectivity index (χ0v) is 16.6. The third kappa shape index (κ3) is 3.63. The van der Waals surface area contributed by atoms with Crippen molar-refractivity contribution in [2.75, 3.05) is 19.6 Å². The van der Waals surface area contributed by atoms with E-state index in [-0.39, 0.29) is 30.6 Å². The van der Waals surface area contributed by atoms with Gasteiger partial charge >= 0.3 is 6.03 Å². The van der Waals surface area contributed by atoms with Crippen molar-refractivity contribution in [1.29, 1.82) is 0 Å². The Morgan fingerprint density at radius 3 is 2.71 bits per heavy atom. The van der Waals surface area contributed by atoms with Crippen molar-refractivity contribution in [1.82, 2.24) is 19.7 Å². The van der Waals surface area contributed by atoms with Crippen LogP contribution >= 0.6 is 0 Å². The molecule has 28 heavy (non-hydrogen) atoms. The van der Waals surface area contributed by atoms with Gasteiger partial charge in [0.15, 0.2) is 0 Å². The average Bonchev–Trinajstić information content (AvgIpc) is 3.41. The highest BCUT2D eigenvalue weighted by Gasteiger charge is 2.37. The molecule has 1 aliphatic carbocycles. The fraction of sp³-hybridized carbons (Fsp3) is 0.455. The summed E-state index contributed by atoms with van der Waals surface area (Å²) < 4.78 is 2.22. The van der Waals surface area contributed by atoms with E-state index in [1.165, 1.54) is 5.56 Å². The molecular weight excluding hydrogens is 352 g/mol. The molecule has 1 saturated carbocycles. The summed E-state index contributed by atoms with van der Waals surface area (Å²) in [5.74, 6) is 0.0112. The van der Waals surface area contributed by atoms with E-state index in [9.17, 15) is 9.59 Å². The predicted molar refractivity (Wildman–Crippen MR) is 108 cm³/mol. The van der Waals surface area contributed by atoms with Crippen LogP contribution in [0.5, 0.6) is 0 Å². The van der Waals surface area contributed by atoms with Crippen LogP contribution in [0, 0.1) is 6.92 Å². The Bertz CT molecular complexity index is 871. The molecule has 0 radical (unpaired) electrons. The van der Waals surface area contributed by atoms with Crippen LogP contribution in [0.15, 0.2) is 42.6 Å². The topological polar surface area (TPSA) is 57.6 Å². The minimum absolute atomic E-state index is 0.0112. The number of nitrogens with one attached hydrogen (secondary N) is 1. The van der Waals surface area contributed by atoms with Crippen molar-refractivity contribution in [3.05, 3.63) is 59.4 Å². The number of amides is 3. The van der Waals surface area contributed by atoms with Crippen molar-refractivity contribution in [2.24, 2.45) is 0 Å². The van der Waals surface area contributed by atoms with Crippen LogP contribution < -0.4 is 5.32 Å². The number of rotatable bonds is 5. The molecule has 0 saturated heterocycles. The Morgan fingerprint density at radius 1 is 1.18 bits per heavy atom. The fourth-order valence-corrected chi connectivity index (χ4v) is 4.09. The standard InChI is InChI=1S/C22H28N4O2/c1-3-23-22(28)26(18-9-10-18)15-20(27)25-13-12-24-11-5-8-19(24)21(25)17-7-4-6-16(2)14-17/h4-8,11,14,18,21H,3,9-10,12-13,15H2,1-2H3,(H,23,28)/t21-/m1/s1. The third-order valence-electron chi connectivity index (χ3n) is 5.60. The van der Waals surface area contributed by atoms with Gasteiger partial charge in [0.2, 0.25) is 5.91 Å². The van der Waals surface area contributed by atoms with Gasteiger partial charge < -0.3 is 19.7 Å². The lowest BCUT2D eigenvalue weighted by Crippen LogP contribution is -2.50. The smallest absolute Gasteiger partial charge is 0.318 e. The second-order valence-electron chi connectivity index (χ2n) is 7.72. The molecule has 4 rings (SSSR count). The van der Waals surface area contributed by atoms with E-state index in [2.05, 4.69) is 47.3 Å². The van der Waals surface area contributed by atoms with Gasteiger partial charge in [0.25, 0.3) is 0 Å². The summed E-state index contributed by atoms with van der Waals surface area (Å²) in [6.45, 7) is 6.10. The highest BCUT2D eigenvalue weighted by atomic mass is 16.2. The number of hydrogen-bond donors (Lipinski definition) is 1. The van der Waals surface area contributed by atoms with Crippen molar-refractivity contribution >= 4 is 11.9 Å². The Hall–Kier alpha value is -2.76. The van der Waals surface area contributed by atoms with Gasteiger partial charge in [0, 0.05) is 37.6 Å². The summed E-state index contributed by atoms with van der Waals surface area (Å²) in [6, 6.07) is 12.4. The molecule has 1 aliphatic heterocycles. The van der Waals surface area contributed by atoms with Crippen LogP contribution in [-0.2, 0) is 11.3 Å². The maximum Gasteiger partial charge on any atom is 0.318 e. The Kier molecular flexibility index (Phi) is 5.11. The van der Waals surface area contributed by atoms with Gasteiger partial charge in [-0.1, -0.05) is 29.8 Å². The SMILES string of the molecule is CCNC(=O)N(CC(=O)N1CCn2cccc2[C@H]1c1cccc(C)c1)C1CC1. The minimum Gasteiger partial charge on any atom is -0.348 e. The number of carbonyl (C=O) groups is 2. The number of urea groups is 1. The predicted octanol–water partition coefficient (Wildman–Crippen LogP) is 2.92. The van der Waals surface area contributed by atoms with Gasteiger partial charge in [-0.3, -0.25) is 4.79 Å². The molecule has 6 heteroatoms. The van der Waals surface area contributed by atoms with Crippen molar-refractivity contribution in [3.63, 3.8) is 0 Å². The van der Waals surface area contributed by atoms with Crippen LogP contribution in [0.2, 0.25) is 0 Å². The maximum atomic E-state index is 13.3. The first-order valence-electron chi connectivity index (χ1n) is 10.1. The molecule has 0 bridgehead atoms. The summed E-state index contributed by atoms with van der Waals surface area (Å²) in [7, 11) is 0. The maximum absolute atomic E-state index is 13.3. The number of carbonyl (C=O) groups excluding carboxylic acids is 2. The molecule has 1 aromatic carbocycles. The lowest BCUT2D eigenvalue weighted by Gasteiger charge is -2.38. The molecule has 1 N–H and O–H groups in total. The van der Waals surface area contributed by atoms with E-state index in [4.69, 9.17) is 0 Å². The number of benzene rings is 1. The second-order valence-corrected chi connectivity index (χ2v) is 7.72. The van der Waals surface area contributed by atoms with E-state index in [1.807, 2.05) is 24.0 Å². The lowest BCUT2D eigenvalue weighted by molar-refractivity contribution is -0.134. The molecule has 0 spiro atoms. The van der Waals surface area contributed by atoms with Crippen molar-refractivity contribution in [3.8, 4) is 0 Å². The van der Waals surface area contributed by atoms with E-state index >= 15 is 0 Å². The number of aryl methyl sites for hydroxylation is 1. The first-order valence-corrected chi connectivity index (χ1v) is 10.1. The summed E-state index contributed by atoms with van der Waals surface area (Å²) in [5, 5.41) is 2.85. The molecule has 6 nitrogen and oxygen atoms in total. The highest BCUT2D eigenvalue weighted by Crippen LogP contribution is 2.34. The van der Waals surface area contributed by atoms with Gasteiger partial charge in [-0.25, -0.2) is 4.79 Å². The normalized spacial score (nSPS) is 18.5. The molecule has 148 valence electrons. The second kappa shape index (κ2) is 7.70. The summed E-state index contributed by atoms with van der Waals surface area (Å²) in [5.41, 5.74) is 3.42. The van der Waals surface area contributed by atoms with Gasteiger partial charge in [0.1, 0.15) is 6.54 Å². The third-order valence-corrected chi connectivity index (χ3v) is 5.60. The first kappa shape index (κ1) is 18.6. The van der Waals surface area contributed by atoms with E-state index in [1.54, 1.807) is 4.90 Å². The number of hydrogen-bond acceptors (Lipinski definition) is 2. The summed E-state index contributed by atoms with van der Waals surface area (Å²) >= 11 is 0. The Morgan fingerprint density at radius 2 is 2.00 bits per heavy atom. The highest BCUT2D eigenvalue weighted by molar-refractivity contribution is 5.85. The minimum atomic E-state index is -0.133. The first-order chi connectivity index (χ1) is 13.6. The van der Waals surface area contributed by atoms with Crippen LogP contribution in [0.3, 0.4) is 0 Å². The Labute approximate surface area is 166 Å². The molecule has 1 aromatic heterocycles. The quantitative estimate of drug-likeness (QED) is 0.867. The zero-order chi connectivity index (χ0) is 19.7. The largest absolute Gasteiger partial charge is 0.348 e. The van der Waals surface area contributed by atoms with Gasteiger partial charge in [0.05, 0.1) is 6.04 Å². The van der Waals surface area contributed by atoms with E-state index in [0.29, 0.717) is 13.1 Å². The van der Waals surface area contributed by atoms with E-state index in [0.717, 1.165) is 30.6 Å². The van der Waals surface area contributed by atoms with E-state index < -0.39 is 0 Å². The van der Waals surface area contributed by atoms with Gasteiger partial charge in [-0.2, -0.15) is 0 Å². The molecule has 2 aromatic rings. The van der Waals surface area contributed by atoms with Gasteiger partial charge in [-0.05, 0) is 44.4 Å². The number of aromatic nitrogens is 1. The average molecular weight is 380 g/mol. The molecule has 2 heterocycles. The molecular formula is C22H28N4O2. The molecule has 3 amide bonds. The van der Waals surface area contributed by atoms with Crippen LogP contribution in [0.25, 0.3) is 0 Å². The fourth-order valence-electron chi connectivity index (χ4n) is 4.09. The molecule has 2 aliphatic rings. The summed E-state index contributed by atoms with van der Waals surface area (Å²) in [4.78, 5) is 29.4. The summed E-state index contributed by atoms with van der Waals surface area (Å²) in [6.07, 6.45) is 4.04. The monoisotopic (exact) mass is 380 g/mol. The van der Waals surface area contributed by atoms with Crippen molar-refractivity contribution < 1.29 is 9.59 Å². The van der Waals surface area contributed by atoms with Gasteiger partial charge in [-0.15, -0.1) is 0 Å². The van der Waals surface area contributed by atoms with Crippen LogP contribution in [0.4, 0.5) is 4.79 Å². The number of fused-ring (bicyclic) bond motifs is 1. The molecule has 1 fully saturated rings. The molecule has 1 atom stereocenters. The lowest BCUT2D eigenvalue weighted by atomic mass is 9.98. The zero-order valence-electron chi connectivity index (χ0n) is 16.6. The molecule has 0 unspecified atom stereocenters.